The van der Waals surface area contributed by atoms with E-state index in [4.69, 9.17) is 4.74 Å². The predicted octanol–water partition coefficient (Wildman–Crippen LogP) is -0.0177. The van der Waals surface area contributed by atoms with E-state index in [2.05, 4.69) is 15.4 Å². The van der Waals surface area contributed by atoms with E-state index in [1.165, 1.54) is 19.2 Å². The van der Waals surface area contributed by atoms with E-state index >= 15 is 0 Å². The Morgan fingerprint density at radius 2 is 2.13 bits per heavy atom. The first-order chi connectivity index (χ1) is 10.5. The smallest absolute Gasteiger partial charge is 0.251 e. The lowest BCUT2D eigenvalue weighted by atomic mass is 10.0. The number of nitrogens with one attached hydrogen (secondary N) is 3. The summed E-state index contributed by atoms with van der Waals surface area (Å²) in [6.07, 6.45) is 0. The SMILES string of the molecule is COCCNS(=O)(=O)c1cccc(C(=O)NCC2CNC2)c1.Cl. The van der Waals surface area contributed by atoms with Crippen molar-refractivity contribution in [1.29, 1.82) is 0 Å². The Balaban J connectivity index is 0.00000264. The van der Waals surface area contributed by atoms with Gasteiger partial charge in [0.2, 0.25) is 10.0 Å². The lowest BCUT2D eigenvalue weighted by Gasteiger charge is -2.27. The van der Waals surface area contributed by atoms with Crippen LogP contribution in [0, 0.1) is 5.92 Å². The third kappa shape index (κ3) is 5.74. The maximum absolute atomic E-state index is 12.1. The highest BCUT2D eigenvalue weighted by Crippen LogP contribution is 2.11. The van der Waals surface area contributed by atoms with Crippen molar-refractivity contribution in [3.8, 4) is 0 Å². The average molecular weight is 364 g/mol. The summed E-state index contributed by atoms with van der Waals surface area (Å²) in [5.41, 5.74) is 0.335. The molecule has 1 amide bonds. The van der Waals surface area contributed by atoms with Crippen LogP contribution < -0.4 is 15.4 Å². The summed E-state index contributed by atoms with van der Waals surface area (Å²) in [6.45, 7) is 2.86. The highest BCUT2D eigenvalue weighted by atomic mass is 35.5. The van der Waals surface area contributed by atoms with Gasteiger partial charge in [0.15, 0.2) is 0 Å². The number of hydrogen-bond acceptors (Lipinski definition) is 5. The minimum Gasteiger partial charge on any atom is -0.383 e. The summed E-state index contributed by atoms with van der Waals surface area (Å²) in [5, 5.41) is 5.95. The second kappa shape index (κ2) is 9.19. The molecule has 0 saturated carbocycles. The standard InChI is InChI=1S/C14H21N3O4S.ClH/c1-21-6-5-17-22(19,20)13-4-2-3-12(7-13)14(18)16-10-11-8-15-9-11;/h2-4,7,11,15,17H,5-6,8-10H2,1H3,(H,16,18);1H. The maximum Gasteiger partial charge on any atom is 0.251 e. The molecule has 1 saturated heterocycles. The average Bonchev–Trinajstić information content (AvgIpc) is 2.46. The van der Waals surface area contributed by atoms with Crippen molar-refractivity contribution in [3.05, 3.63) is 29.8 Å². The first-order valence-electron chi connectivity index (χ1n) is 7.10. The number of ether oxygens (including phenoxy) is 1. The van der Waals surface area contributed by atoms with E-state index in [0.29, 0.717) is 18.0 Å². The van der Waals surface area contributed by atoms with Gasteiger partial charge < -0.3 is 15.4 Å². The summed E-state index contributed by atoms with van der Waals surface area (Å²) >= 11 is 0. The van der Waals surface area contributed by atoms with Gasteiger partial charge in [0.05, 0.1) is 11.5 Å². The zero-order valence-electron chi connectivity index (χ0n) is 12.9. The summed E-state index contributed by atoms with van der Waals surface area (Å²) in [4.78, 5) is 12.1. The van der Waals surface area contributed by atoms with Gasteiger partial charge in [-0.3, -0.25) is 4.79 Å². The summed E-state index contributed by atoms with van der Waals surface area (Å²) in [7, 11) is -2.14. The van der Waals surface area contributed by atoms with Gasteiger partial charge >= 0.3 is 0 Å². The minimum absolute atomic E-state index is 0. The Morgan fingerprint density at radius 1 is 1.39 bits per heavy atom. The highest BCUT2D eigenvalue weighted by Gasteiger charge is 2.19. The molecule has 2 rings (SSSR count). The Kier molecular flexibility index (Phi) is 7.93. The van der Waals surface area contributed by atoms with Crippen LogP contribution in [0.5, 0.6) is 0 Å². The Morgan fingerprint density at radius 3 is 2.74 bits per heavy atom. The summed E-state index contributed by atoms with van der Waals surface area (Å²) in [6, 6.07) is 6.00. The van der Waals surface area contributed by atoms with Crippen molar-refractivity contribution in [3.63, 3.8) is 0 Å². The van der Waals surface area contributed by atoms with Crippen LogP contribution in [0.25, 0.3) is 0 Å². The molecule has 0 aromatic heterocycles. The molecule has 1 aliphatic heterocycles. The number of amides is 1. The monoisotopic (exact) mass is 363 g/mol. The third-order valence-corrected chi connectivity index (χ3v) is 4.88. The highest BCUT2D eigenvalue weighted by molar-refractivity contribution is 7.89. The van der Waals surface area contributed by atoms with Crippen LogP contribution >= 0.6 is 12.4 Å². The molecule has 0 bridgehead atoms. The van der Waals surface area contributed by atoms with Gasteiger partial charge in [0, 0.05) is 44.8 Å². The number of halogens is 1. The van der Waals surface area contributed by atoms with Crippen molar-refractivity contribution in [2.75, 3.05) is 39.9 Å². The van der Waals surface area contributed by atoms with E-state index in [0.717, 1.165) is 13.1 Å². The van der Waals surface area contributed by atoms with Crippen LogP contribution in [-0.2, 0) is 14.8 Å². The molecule has 3 N–H and O–H groups in total. The van der Waals surface area contributed by atoms with Crippen molar-refractivity contribution in [2.24, 2.45) is 5.92 Å². The summed E-state index contributed by atoms with van der Waals surface area (Å²) < 4.78 is 31.4. The molecule has 0 atom stereocenters. The fourth-order valence-corrected chi connectivity index (χ4v) is 3.06. The van der Waals surface area contributed by atoms with Crippen LogP contribution in [0.4, 0.5) is 0 Å². The van der Waals surface area contributed by atoms with Crippen molar-refractivity contribution in [1.82, 2.24) is 15.4 Å². The maximum atomic E-state index is 12.1. The second-order valence-corrected chi connectivity index (χ2v) is 6.92. The molecule has 130 valence electrons. The molecule has 0 unspecified atom stereocenters. The number of methoxy groups -OCH3 is 1. The van der Waals surface area contributed by atoms with Gasteiger partial charge in [0.25, 0.3) is 5.91 Å². The van der Waals surface area contributed by atoms with E-state index in [9.17, 15) is 13.2 Å². The van der Waals surface area contributed by atoms with Gasteiger partial charge in [-0.25, -0.2) is 13.1 Å². The van der Waals surface area contributed by atoms with Gasteiger partial charge in [-0.2, -0.15) is 0 Å². The van der Waals surface area contributed by atoms with Crippen LogP contribution in [0.1, 0.15) is 10.4 Å². The largest absolute Gasteiger partial charge is 0.383 e. The quantitative estimate of drug-likeness (QED) is 0.564. The molecular weight excluding hydrogens is 342 g/mol. The molecule has 7 nitrogen and oxygen atoms in total. The first kappa shape index (κ1) is 19.9. The Labute approximate surface area is 142 Å². The lowest BCUT2D eigenvalue weighted by molar-refractivity contribution is 0.0942. The molecule has 1 heterocycles. The number of rotatable bonds is 8. The molecule has 9 heteroatoms. The van der Waals surface area contributed by atoms with Gasteiger partial charge in [-0.1, -0.05) is 6.07 Å². The van der Waals surface area contributed by atoms with Gasteiger partial charge in [-0.05, 0) is 18.2 Å². The number of hydrogen-bond donors (Lipinski definition) is 3. The van der Waals surface area contributed by atoms with Crippen molar-refractivity contribution < 1.29 is 17.9 Å². The lowest BCUT2D eigenvalue weighted by Crippen LogP contribution is -2.48. The molecule has 0 aliphatic carbocycles. The van der Waals surface area contributed by atoms with Crippen LogP contribution in [-0.4, -0.2) is 54.2 Å². The number of carbonyl (C=O) groups excluding carboxylic acids is 1. The molecule has 1 aliphatic rings. The molecule has 1 fully saturated rings. The van der Waals surface area contributed by atoms with Gasteiger partial charge in [-0.15, -0.1) is 12.4 Å². The van der Waals surface area contributed by atoms with Crippen molar-refractivity contribution in [2.45, 2.75) is 4.90 Å². The number of benzene rings is 1. The minimum atomic E-state index is -3.63. The molecular formula is C14H22ClN3O4S. The second-order valence-electron chi connectivity index (χ2n) is 5.15. The molecule has 0 spiro atoms. The molecule has 0 radical (unpaired) electrons. The van der Waals surface area contributed by atoms with E-state index < -0.39 is 10.0 Å². The zero-order valence-corrected chi connectivity index (χ0v) is 14.5. The normalized spacial score (nSPS) is 14.7. The number of sulfonamides is 1. The summed E-state index contributed by atoms with van der Waals surface area (Å²) in [5.74, 6) is 0.187. The van der Waals surface area contributed by atoms with E-state index in [1.54, 1.807) is 12.1 Å². The fraction of sp³-hybridized carbons (Fsp3) is 0.500. The number of carbonyl (C=O) groups is 1. The Bertz CT molecular complexity index is 620. The zero-order chi connectivity index (χ0) is 16.0. The molecule has 1 aromatic carbocycles. The third-order valence-electron chi connectivity index (χ3n) is 3.42. The first-order valence-corrected chi connectivity index (χ1v) is 8.59. The van der Waals surface area contributed by atoms with E-state index in [1.807, 2.05) is 0 Å². The van der Waals surface area contributed by atoms with Crippen molar-refractivity contribution >= 4 is 28.3 Å². The molecule has 1 aromatic rings. The Hall–Kier alpha value is -1.19. The van der Waals surface area contributed by atoms with Crippen LogP contribution in [0.15, 0.2) is 29.2 Å². The van der Waals surface area contributed by atoms with Crippen LogP contribution in [0.3, 0.4) is 0 Å². The fourth-order valence-electron chi connectivity index (χ4n) is 2.00. The van der Waals surface area contributed by atoms with Gasteiger partial charge in [0.1, 0.15) is 0 Å². The van der Waals surface area contributed by atoms with Crippen LogP contribution in [0.2, 0.25) is 0 Å². The topological polar surface area (TPSA) is 96.5 Å². The predicted molar refractivity (Wildman–Crippen MR) is 89.4 cm³/mol. The molecule has 23 heavy (non-hydrogen) atoms. The van der Waals surface area contributed by atoms with E-state index in [-0.39, 0.29) is 36.4 Å².